The third kappa shape index (κ3) is 2.11. The lowest BCUT2D eigenvalue weighted by Gasteiger charge is -2.17. The van der Waals surface area contributed by atoms with Crippen LogP contribution in [-0.2, 0) is 0 Å². The van der Waals surface area contributed by atoms with Gasteiger partial charge < -0.3 is 11.1 Å². The lowest BCUT2D eigenvalue weighted by Crippen LogP contribution is -2.10. The van der Waals surface area contributed by atoms with Crippen molar-refractivity contribution in [2.75, 3.05) is 5.32 Å². The Labute approximate surface area is 131 Å². The van der Waals surface area contributed by atoms with Crippen LogP contribution in [0.15, 0.2) is 41.9 Å². The minimum absolute atomic E-state index is 0.0760. The third-order valence-corrected chi connectivity index (χ3v) is 5.14. The highest BCUT2D eigenvalue weighted by molar-refractivity contribution is 7.16. The van der Waals surface area contributed by atoms with E-state index in [1.807, 2.05) is 23.7 Å². The Morgan fingerprint density at radius 2 is 2.00 bits per heavy atom. The molecule has 1 aliphatic rings. The molecule has 0 spiro atoms. The standard InChI is InChI=1S/C16H14ClN3S/c17-11-5-6-14-16(19-8-21-14)15(11)20-13-7-12(18)9-3-1-2-4-10(9)13/h1-6,8,12-13,20H,7,18H2. The summed E-state index contributed by atoms with van der Waals surface area (Å²) in [5.41, 5.74) is 12.4. The van der Waals surface area contributed by atoms with E-state index in [1.165, 1.54) is 11.1 Å². The number of halogens is 1. The zero-order chi connectivity index (χ0) is 14.4. The van der Waals surface area contributed by atoms with Gasteiger partial charge in [0.25, 0.3) is 0 Å². The summed E-state index contributed by atoms with van der Waals surface area (Å²) in [5, 5.41) is 4.26. The van der Waals surface area contributed by atoms with Crippen molar-refractivity contribution in [1.82, 2.24) is 4.98 Å². The summed E-state index contributed by atoms with van der Waals surface area (Å²) in [4.78, 5) is 4.44. The van der Waals surface area contributed by atoms with Crippen molar-refractivity contribution in [3.05, 3.63) is 58.1 Å². The predicted molar refractivity (Wildman–Crippen MR) is 89.0 cm³/mol. The highest BCUT2D eigenvalue weighted by Gasteiger charge is 2.29. The van der Waals surface area contributed by atoms with E-state index in [-0.39, 0.29) is 12.1 Å². The fourth-order valence-corrected chi connectivity index (χ4v) is 3.92. The number of fused-ring (bicyclic) bond motifs is 2. The average Bonchev–Trinajstić information content (AvgIpc) is 3.08. The first-order valence-electron chi connectivity index (χ1n) is 6.86. The van der Waals surface area contributed by atoms with E-state index < -0.39 is 0 Å². The second kappa shape index (κ2) is 4.98. The van der Waals surface area contributed by atoms with Crippen molar-refractivity contribution in [3.63, 3.8) is 0 Å². The van der Waals surface area contributed by atoms with E-state index in [4.69, 9.17) is 17.3 Å². The molecule has 2 atom stereocenters. The molecular weight excluding hydrogens is 302 g/mol. The minimum atomic E-state index is 0.0760. The van der Waals surface area contributed by atoms with Crippen molar-refractivity contribution in [2.24, 2.45) is 5.73 Å². The topological polar surface area (TPSA) is 50.9 Å². The first-order chi connectivity index (χ1) is 10.2. The van der Waals surface area contributed by atoms with Crippen molar-refractivity contribution < 1.29 is 0 Å². The molecule has 3 nitrogen and oxygen atoms in total. The fourth-order valence-electron chi connectivity index (χ4n) is 3.03. The van der Waals surface area contributed by atoms with Gasteiger partial charge in [0.05, 0.1) is 27.0 Å². The smallest absolute Gasteiger partial charge is 0.106 e. The average molecular weight is 316 g/mol. The summed E-state index contributed by atoms with van der Waals surface area (Å²) >= 11 is 7.99. The first kappa shape index (κ1) is 13.1. The molecule has 2 aromatic carbocycles. The van der Waals surface area contributed by atoms with Gasteiger partial charge in [-0.25, -0.2) is 4.98 Å². The van der Waals surface area contributed by atoms with Crippen LogP contribution >= 0.6 is 22.9 Å². The van der Waals surface area contributed by atoms with Crippen molar-refractivity contribution in [3.8, 4) is 0 Å². The van der Waals surface area contributed by atoms with Crippen molar-refractivity contribution in [1.29, 1.82) is 0 Å². The molecule has 3 aromatic rings. The number of thiazole rings is 1. The number of anilines is 1. The third-order valence-electron chi connectivity index (χ3n) is 4.03. The van der Waals surface area contributed by atoms with Crippen LogP contribution in [0.4, 0.5) is 5.69 Å². The van der Waals surface area contributed by atoms with E-state index >= 15 is 0 Å². The number of nitrogens with one attached hydrogen (secondary N) is 1. The van der Waals surface area contributed by atoms with Gasteiger partial charge in [-0.3, -0.25) is 0 Å². The molecule has 0 fully saturated rings. The summed E-state index contributed by atoms with van der Waals surface area (Å²) < 4.78 is 1.14. The van der Waals surface area contributed by atoms with Crippen LogP contribution in [0, 0.1) is 0 Å². The van der Waals surface area contributed by atoms with Crippen LogP contribution in [-0.4, -0.2) is 4.98 Å². The number of nitrogens with zero attached hydrogens (tertiary/aromatic N) is 1. The molecule has 0 aliphatic heterocycles. The second-order valence-corrected chi connectivity index (χ2v) is 6.58. The molecule has 1 heterocycles. The molecule has 2 unspecified atom stereocenters. The quantitative estimate of drug-likeness (QED) is 0.731. The number of aromatic nitrogens is 1. The van der Waals surface area contributed by atoms with E-state index in [0.29, 0.717) is 5.02 Å². The fraction of sp³-hybridized carbons (Fsp3) is 0.188. The lowest BCUT2D eigenvalue weighted by molar-refractivity contribution is 0.649. The summed E-state index contributed by atoms with van der Waals surface area (Å²) in [7, 11) is 0. The van der Waals surface area contributed by atoms with Gasteiger partial charge in [0, 0.05) is 6.04 Å². The normalized spacial score (nSPS) is 20.7. The van der Waals surface area contributed by atoms with E-state index in [2.05, 4.69) is 28.5 Å². The van der Waals surface area contributed by atoms with Gasteiger partial charge in [-0.1, -0.05) is 35.9 Å². The Morgan fingerprint density at radius 1 is 1.19 bits per heavy atom. The minimum Gasteiger partial charge on any atom is -0.375 e. The molecule has 106 valence electrons. The van der Waals surface area contributed by atoms with E-state index in [1.54, 1.807) is 11.3 Å². The Balaban J connectivity index is 1.76. The highest BCUT2D eigenvalue weighted by atomic mass is 35.5. The van der Waals surface area contributed by atoms with Crippen LogP contribution in [0.2, 0.25) is 5.02 Å². The molecule has 5 heteroatoms. The van der Waals surface area contributed by atoms with Crippen LogP contribution in [0.3, 0.4) is 0 Å². The van der Waals surface area contributed by atoms with E-state index in [9.17, 15) is 0 Å². The summed E-state index contributed by atoms with van der Waals surface area (Å²) in [6, 6.07) is 12.5. The number of rotatable bonds is 2. The van der Waals surface area contributed by atoms with Crippen molar-refractivity contribution >= 4 is 38.8 Å². The molecule has 0 amide bonds. The number of benzene rings is 2. The zero-order valence-corrected chi connectivity index (χ0v) is 12.8. The molecular formula is C16H14ClN3S. The number of nitrogens with two attached hydrogens (primary N) is 1. The molecule has 0 bridgehead atoms. The Hall–Kier alpha value is -1.62. The molecule has 4 rings (SSSR count). The molecule has 21 heavy (non-hydrogen) atoms. The van der Waals surface area contributed by atoms with Gasteiger partial charge in [-0.15, -0.1) is 11.3 Å². The maximum absolute atomic E-state index is 6.37. The van der Waals surface area contributed by atoms with Gasteiger partial charge in [-0.2, -0.15) is 0 Å². The van der Waals surface area contributed by atoms with Gasteiger partial charge in [0.2, 0.25) is 0 Å². The zero-order valence-electron chi connectivity index (χ0n) is 11.2. The summed E-state index contributed by atoms with van der Waals surface area (Å²) in [5.74, 6) is 0. The van der Waals surface area contributed by atoms with Crippen LogP contribution in [0.25, 0.3) is 10.2 Å². The van der Waals surface area contributed by atoms with Crippen molar-refractivity contribution in [2.45, 2.75) is 18.5 Å². The highest BCUT2D eigenvalue weighted by Crippen LogP contribution is 2.42. The maximum atomic E-state index is 6.37. The summed E-state index contributed by atoms with van der Waals surface area (Å²) in [6.07, 6.45) is 0.871. The predicted octanol–water partition coefficient (Wildman–Crippen LogP) is 4.51. The molecule has 3 N–H and O–H groups in total. The monoisotopic (exact) mass is 315 g/mol. The van der Waals surface area contributed by atoms with Gasteiger partial charge in [0.1, 0.15) is 5.52 Å². The summed E-state index contributed by atoms with van der Waals surface area (Å²) in [6.45, 7) is 0. The lowest BCUT2D eigenvalue weighted by atomic mass is 10.1. The van der Waals surface area contributed by atoms with Gasteiger partial charge >= 0.3 is 0 Å². The molecule has 1 aromatic heterocycles. The van der Waals surface area contributed by atoms with Crippen LogP contribution in [0.1, 0.15) is 29.6 Å². The van der Waals surface area contributed by atoms with Crippen LogP contribution < -0.4 is 11.1 Å². The Bertz CT molecular complexity index is 814. The first-order valence-corrected chi connectivity index (χ1v) is 8.12. The molecule has 0 radical (unpaired) electrons. The Morgan fingerprint density at radius 3 is 2.86 bits per heavy atom. The van der Waals surface area contributed by atoms with Gasteiger partial charge in [-0.05, 0) is 29.7 Å². The number of hydrogen-bond acceptors (Lipinski definition) is 4. The molecule has 1 aliphatic carbocycles. The SMILES string of the molecule is NC1CC(Nc2c(Cl)ccc3scnc23)c2ccccc21. The van der Waals surface area contributed by atoms with Gasteiger partial charge in [0.15, 0.2) is 0 Å². The van der Waals surface area contributed by atoms with Crippen LogP contribution in [0.5, 0.6) is 0 Å². The Kier molecular flexibility index (Phi) is 3.10. The van der Waals surface area contributed by atoms with E-state index in [0.717, 1.165) is 22.3 Å². The molecule has 0 saturated heterocycles. The maximum Gasteiger partial charge on any atom is 0.106 e. The molecule has 0 saturated carbocycles. The largest absolute Gasteiger partial charge is 0.375 e. The second-order valence-electron chi connectivity index (χ2n) is 5.29. The number of hydrogen-bond donors (Lipinski definition) is 2.